The third-order valence-corrected chi connectivity index (χ3v) is 5.61. The Bertz CT molecular complexity index is 698. The summed E-state index contributed by atoms with van der Waals surface area (Å²) in [6, 6.07) is 8.08. The summed E-state index contributed by atoms with van der Waals surface area (Å²) in [5.74, 6) is 1.01. The van der Waals surface area contributed by atoms with Crippen LogP contribution in [-0.4, -0.2) is 19.6 Å². The molecule has 2 aliphatic rings. The molecule has 1 aromatic carbocycles. The van der Waals surface area contributed by atoms with Gasteiger partial charge in [0.1, 0.15) is 5.75 Å². The Morgan fingerprint density at radius 2 is 2.10 bits per heavy atom. The molecule has 0 spiro atoms. The van der Waals surface area contributed by atoms with Gasteiger partial charge in [0.25, 0.3) is 5.91 Å². The van der Waals surface area contributed by atoms with Crippen LogP contribution in [0.3, 0.4) is 0 Å². The lowest BCUT2D eigenvalue weighted by atomic mass is 10.1. The van der Waals surface area contributed by atoms with Crippen molar-refractivity contribution in [3.8, 4) is 5.75 Å². The molecule has 0 fully saturated rings. The van der Waals surface area contributed by atoms with Crippen molar-refractivity contribution < 1.29 is 9.53 Å². The molecule has 0 unspecified atom stereocenters. The molecule has 2 aromatic rings. The van der Waals surface area contributed by atoms with E-state index in [1.165, 1.54) is 22.4 Å². The first-order chi connectivity index (χ1) is 10.3. The number of aryl methyl sites for hydroxylation is 2. The van der Waals surface area contributed by atoms with Crippen molar-refractivity contribution in [1.82, 2.24) is 0 Å². The lowest BCUT2D eigenvalue weighted by Crippen LogP contribution is -2.28. The third-order valence-electron chi connectivity index (χ3n) is 4.38. The molecular formula is C17H17NO2S. The van der Waals surface area contributed by atoms with E-state index < -0.39 is 0 Å². The summed E-state index contributed by atoms with van der Waals surface area (Å²) in [5, 5.41) is 0. The van der Waals surface area contributed by atoms with Crippen molar-refractivity contribution in [1.29, 1.82) is 0 Å². The van der Waals surface area contributed by atoms with E-state index in [-0.39, 0.29) is 5.91 Å². The smallest absolute Gasteiger partial charge is 0.268 e. The lowest BCUT2D eigenvalue weighted by Gasteiger charge is -2.16. The highest BCUT2D eigenvalue weighted by Crippen LogP contribution is 2.35. The number of thiophene rings is 1. The molecule has 108 valence electrons. The third kappa shape index (κ3) is 2.05. The standard InChI is InChI=1S/C17H17NO2S/c1-20-13-5-6-14-11(9-13)7-8-18(14)17(19)16-10-12-3-2-4-15(12)21-16/h5-6,9-10H,2-4,7-8H2,1H3. The zero-order valence-corrected chi connectivity index (χ0v) is 12.8. The molecule has 0 radical (unpaired) electrons. The summed E-state index contributed by atoms with van der Waals surface area (Å²) in [7, 11) is 1.67. The molecule has 0 saturated heterocycles. The average Bonchev–Trinajstić information content (AvgIpc) is 3.19. The summed E-state index contributed by atoms with van der Waals surface area (Å²) in [4.78, 5) is 17.0. The van der Waals surface area contributed by atoms with Crippen molar-refractivity contribution in [3.05, 3.63) is 45.1 Å². The van der Waals surface area contributed by atoms with Gasteiger partial charge >= 0.3 is 0 Å². The van der Waals surface area contributed by atoms with Gasteiger partial charge in [0.05, 0.1) is 12.0 Å². The fraction of sp³-hybridized carbons (Fsp3) is 0.353. The molecule has 0 bridgehead atoms. The van der Waals surface area contributed by atoms with Crippen molar-refractivity contribution in [2.24, 2.45) is 0 Å². The molecule has 3 nitrogen and oxygen atoms in total. The minimum absolute atomic E-state index is 0.151. The maximum Gasteiger partial charge on any atom is 0.268 e. The van der Waals surface area contributed by atoms with E-state index in [0.717, 1.165) is 42.1 Å². The molecule has 0 saturated carbocycles. The van der Waals surface area contributed by atoms with E-state index in [4.69, 9.17) is 4.74 Å². The average molecular weight is 299 g/mol. The Labute approximate surface area is 128 Å². The highest BCUT2D eigenvalue weighted by atomic mass is 32.1. The minimum atomic E-state index is 0.151. The number of fused-ring (bicyclic) bond motifs is 2. The molecule has 0 N–H and O–H groups in total. The Hall–Kier alpha value is -1.81. The highest BCUT2D eigenvalue weighted by molar-refractivity contribution is 7.14. The number of hydrogen-bond donors (Lipinski definition) is 0. The van der Waals surface area contributed by atoms with Gasteiger partial charge in [0, 0.05) is 17.1 Å². The van der Waals surface area contributed by atoms with Crippen LogP contribution in [0.2, 0.25) is 0 Å². The number of nitrogens with zero attached hydrogens (tertiary/aromatic N) is 1. The lowest BCUT2D eigenvalue weighted by molar-refractivity contribution is 0.0993. The molecule has 4 heteroatoms. The van der Waals surface area contributed by atoms with Crippen LogP contribution in [0.5, 0.6) is 5.75 Å². The van der Waals surface area contributed by atoms with Gasteiger partial charge in [-0.2, -0.15) is 0 Å². The van der Waals surface area contributed by atoms with Crippen molar-refractivity contribution in [3.63, 3.8) is 0 Å². The fourth-order valence-corrected chi connectivity index (χ4v) is 4.49. The van der Waals surface area contributed by atoms with Gasteiger partial charge < -0.3 is 9.64 Å². The first kappa shape index (κ1) is 12.9. The Balaban J connectivity index is 1.64. The van der Waals surface area contributed by atoms with Crippen LogP contribution in [0.4, 0.5) is 5.69 Å². The monoisotopic (exact) mass is 299 g/mol. The normalized spacial score (nSPS) is 16.0. The zero-order chi connectivity index (χ0) is 14.4. The molecule has 1 aromatic heterocycles. The van der Waals surface area contributed by atoms with Crippen molar-refractivity contribution in [2.75, 3.05) is 18.6 Å². The summed E-state index contributed by atoms with van der Waals surface area (Å²) in [5.41, 5.74) is 3.62. The molecule has 1 aliphatic carbocycles. The fourth-order valence-electron chi connectivity index (χ4n) is 3.28. The van der Waals surface area contributed by atoms with E-state index in [2.05, 4.69) is 6.07 Å². The maximum absolute atomic E-state index is 12.8. The maximum atomic E-state index is 12.8. The SMILES string of the molecule is COc1ccc2c(c1)CCN2C(=O)c1cc2c(s1)CCC2. The van der Waals surface area contributed by atoms with E-state index >= 15 is 0 Å². The van der Waals surface area contributed by atoms with Gasteiger partial charge in [-0.25, -0.2) is 0 Å². The van der Waals surface area contributed by atoms with Gasteiger partial charge in [-0.15, -0.1) is 11.3 Å². The molecule has 1 aliphatic heterocycles. The summed E-state index contributed by atoms with van der Waals surface area (Å²) >= 11 is 1.68. The number of methoxy groups -OCH3 is 1. The number of benzene rings is 1. The summed E-state index contributed by atoms with van der Waals surface area (Å²) in [6.45, 7) is 0.768. The summed E-state index contributed by atoms with van der Waals surface area (Å²) < 4.78 is 5.26. The van der Waals surface area contributed by atoms with Crippen LogP contribution in [0.25, 0.3) is 0 Å². The number of carbonyl (C=O) groups is 1. The van der Waals surface area contributed by atoms with E-state index in [1.54, 1.807) is 18.4 Å². The quantitative estimate of drug-likeness (QED) is 0.850. The first-order valence-electron chi connectivity index (χ1n) is 7.36. The molecule has 1 amide bonds. The first-order valence-corrected chi connectivity index (χ1v) is 8.18. The minimum Gasteiger partial charge on any atom is -0.497 e. The van der Waals surface area contributed by atoms with Crippen LogP contribution in [-0.2, 0) is 19.3 Å². The van der Waals surface area contributed by atoms with Crippen LogP contribution >= 0.6 is 11.3 Å². The Kier molecular flexibility index (Phi) is 3.00. The van der Waals surface area contributed by atoms with Crippen molar-refractivity contribution in [2.45, 2.75) is 25.7 Å². The van der Waals surface area contributed by atoms with E-state index in [0.29, 0.717) is 0 Å². The number of hydrogen-bond acceptors (Lipinski definition) is 3. The van der Waals surface area contributed by atoms with Gasteiger partial charge in [0.2, 0.25) is 0 Å². The van der Waals surface area contributed by atoms with E-state index in [1.807, 2.05) is 23.1 Å². The van der Waals surface area contributed by atoms with Gasteiger partial charge in [-0.1, -0.05) is 0 Å². The van der Waals surface area contributed by atoms with Gasteiger partial charge in [-0.05, 0) is 61.1 Å². The second-order valence-electron chi connectivity index (χ2n) is 5.61. The van der Waals surface area contributed by atoms with Crippen LogP contribution in [0.1, 0.15) is 32.1 Å². The molecule has 0 atom stereocenters. The van der Waals surface area contributed by atoms with Crippen LogP contribution < -0.4 is 9.64 Å². The topological polar surface area (TPSA) is 29.5 Å². The zero-order valence-electron chi connectivity index (χ0n) is 12.0. The van der Waals surface area contributed by atoms with E-state index in [9.17, 15) is 4.79 Å². The number of rotatable bonds is 2. The van der Waals surface area contributed by atoms with Gasteiger partial charge in [0.15, 0.2) is 0 Å². The predicted octanol–water partition coefficient (Wildman–Crippen LogP) is 3.45. The van der Waals surface area contributed by atoms with Crippen LogP contribution in [0, 0.1) is 0 Å². The summed E-state index contributed by atoms with van der Waals surface area (Å²) in [6.07, 6.45) is 4.42. The second-order valence-corrected chi connectivity index (χ2v) is 6.75. The van der Waals surface area contributed by atoms with Gasteiger partial charge in [-0.3, -0.25) is 4.79 Å². The molecule has 4 rings (SSSR count). The number of carbonyl (C=O) groups excluding carboxylic acids is 1. The number of anilines is 1. The Morgan fingerprint density at radius 3 is 2.90 bits per heavy atom. The molecule has 21 heavy (non-hydrogen) atoms. The largest absolute Gasteiger partial charge is 0.497 e. The number of amides is 1. The molecular weight excluding hydrogens is 282 g/mol. The highest BCUT2D eigenvalue weighted by Gasteiger charge is 2.28. The second kappa shape index (κ2) is 4.88. The molecule has 2 heterocycles. The predicted molar refractivity (Wildman–Crippen MR) is 84.7 cm³/mol. The van der Waals surface area contributed by atoms with Crippen LogP contribution in [0.15, 0.2) is 24.3 Å². The van der Waals surface area contributed by atoms with Crippen molar-refractivity contribution >= 4 is 22.9 Å². The number of ether oxygens (including phenoxy) is 1. The Morgan fingerprint density at radius 1 is 1.19 bits per heavy atom.